The third kappa shape index (κ3) is 5.19. The smallest absolute Gasteiger partial charge is 0.323 e. The van der Waals surface area contributed by atoms with Crippen molar-refractivity contribution in [2.75, 3.05) is 51.7 Å². The van der Waals surface area contributed by atoms with Crippen molar-refractivity contribution in [1.29, 1.82) is 0 Å². The molecule has 216 valence electrons. The summed E-state index contributed by atoms with van der Waals surface area (Å²) in [5, 5.41) is 2.49. The monoisotopic (exact) mass is 573 g/mol. The number of quaternary nitrogens is 1. The molecule has 4 heterocycles. The van der Waals surface area contributed by atoms with Gasteiger partial charge in [-0.15, -0.1) is 17.6 Å². The molecule has 2 saturated heterocycles. The van der Waals surface area contributed by atoms with E-state index in [2.05, 4.69) is 79.9 Å². The van der Waals surface area contributed by atoms with Crippen molar-refractivity contribution < 1.29 is 9.53 Å². The summed E-state index contributed by atoms with van der Waals surface area (Å²) in [7, 11) is 4.37. The van der Waals surface area contributed by atoms with Gasteiger partial charge in [-0.25, -0.2) is 0 Å². The molecule has 0 spiro atoms. The largest absolute Gasteiger partial charge is 0.447 e. The van der Waals surface area contributed by atoms with Crippen molar-refractivity contribution in [3.8, 4) is 6.01 Å². The summed E-state index contributed by atoms with van der Waals surface area (Å²) in [4.78, 5) is 29.2. The van der Waals surface area contributed by atoms with Gasteiger partial charge in [0.05, 0.1) is 44.0 Å². The lowest BCUT2D eigenvalue weighted by molar-refractivity contribution is -0.128. The van der Waals surface area contributed by atoms with E-state index in [1.54, 1.807) is 0 Å². The Labute approximate surface area is 248 Å². The fourth-order valence-corrected chi connectivity index (χ4v) is 7.29. The predicted octanol–water partition coefficient (Wildman–Crippen LogP) is 4.28. The van der Waals surface area contributed by atoms with Crippen molar-refractivity contribution >= 4 is 40.8 Å². The minimum absolute atomic E-state index is 0.0128. The lowest BCUT2D eigenvalue weighted by Gasteiger charge is -2.46. The average molecular weight is 574 g/mol. The van der Waals surface area contributed by atoms with Crippen LogP contribution in [-0.2, 0) is 17.8 Å². The van der Waals surface area contributed by atoms with Gasteiger partial charge in [0.1, 0.15) is 12.6 Å². The molecule has 0 N–H and O–H groups in total. The maximum atomic E-state index is 12.4. The zero-order valence-corrected chi connectivity index (χ0v) is 25.3. The number of benzene rings is 2. The number of thiol groups is 1. The van der Waals surface area contributed by atoms with E-state index in [0.29, 0.717) is 30.1 Å². The van der Waals surface area contributed by atoms with Crippen molar-refractivity contribution in [2.24, 2.45) is 0 Å². The number of hydrogen-bond donors (Lipinski definition) is 1. The fraction of sp³-hybridized carbons (Fsp3) is 0.469. The van der Waals surface area contributed by atoms with Crippen molar-refractivity contribution in [3.63, 3.8) is 0 Å². The van der Waals surface area contributed by atoms with Gasteiger partial charge in [0.15, 0.2) is 5.44 Å². The third-order valence-corrected chi connectivity index (χ3v) is 9.97. The van der Waals surface area contributed by atoms with Gasteiger partial charge in [-0.05, 0) is 57.3 Å². The molecule has 8 nitrogen and oxygen atoms in total. The Kier molecular flexibility index (Phi) is 7.70. The molecule has 0 bridgehead atoms. The molecule has 4 atom stereocenters. The topological polar surface area (TPSA) is 61.8 Å². The van der Waals surface area contributed by atoms with Crippen molar-refractivity contribution in [1.82, 2.24) is 24.3 Å². The summed E-state index contributed by atoms with van der Waals surface area (Å²) in [6.07, 6.45) is 4.45. The molecule has 1 amide bonds. The van der Waals surface area contributed by atoms with E-state index in [-0.39, 0.29) is 23.4 Å². The van der Waals surface area contributed by atoms with Crippen LogP contribution in [0.15, 0.2) is 55.1 Å². The number of fused-ring (bicyclic) bond motifs is 2. The van der Waals surface area contributed by atoms with E-state index in [9.17, 15) is 4.79 Å². The van der Waals surface area contributed by atoms with Gasteiger partial charge in [0.2, 0.25) is 11.7 Å². The van der Waals surface area contributed by atoms with Gasteiger partial charge in [0, 0.05) is 17.6 Å². The number of carbonyl (C=O) groups is 1. The van der Waals surface area contributed by atoms with Crippen LogP contribution < -0.4 is 14.1 Å². The molecule has 3 aromatic rings. The second kappa shape index (κ2) is 11.3. The number of anilines is 1. The molecule has 41 heavy (non-hydrogen) atoms. The van der Waals surface area contributed by atoms with Gasteiger partial charge >= 0.3 is 6.01 Å². The SMILES string of the molecule is C=CC(=O)N1CC[N+](C)(c2nc(OC(S)[C@@H]3CCCN3C)nc3c2CCN(c2cccc4ccccc24)C3)[C@H](C)C1. The minimum Gasteiger partial charge on any atom is -0.447 e. The van der Waals surface area contributed by atoms with Crippen molar-refractivity contribution in [3.05, 3.63) is 66.4 Å². The summed E-state index contributed by atoms with van der Waals surface area (Å²) < 4.78 is 7.06. The first-order chi connectivity index (χ1) is 19.8. The third-order valence-electron chi connectivity index (χ3n) is 9.52. The van der Waals surface area contributed by atoms with Gasteiger partial charge in [-0.1, -0.05) is 43.0 Å². The summed E-state index contributed by atoms with van der Waals surface area (Å²) in [6, 6.07) is 15.8. The van der Waals surface area contributed by atoms with E-state index in [0.717, 1.165) is 50.4 Å². The van der Waals surface area contributed by atoms with E-state index in [1.165, 1.54) is 28.1 Å². The fourth-order valence-electron chi connectivity index (χ4n) is 6.82. The Bertz CT molecular complexity index is 1460. The quantitative estimate of drug-likeness (QED) is 0.206. The summed E-state index contributed by atoms with van der Waals surface area (Å²) in [5.74, 6) is 1.00. The Hall–Kier alpha value is -3.14. The second-order valence-corrected chi connectivity index (χ2v) is 12.5. The predicted molar refractivity (Wildman–Crippen MR) is 169 cm³/mol. The molecule has 2 aromatic carbocycles. The molecule has 2 unspecified atom stereocenters. The minimum atomic E-state index is -0.309. The number of likely N-dealkylation sites (tertiary alicyclic amines) is 1. The Morgan fingerprint density at radius 1 is 1.17 bits per heavy atom. The first-order valence-electron chi connectivity index (χ1n) is 14.7. The number of nitrogens with zero attached hydrogens (tertiary/aromatic N) is 6. The van der Waals surface area contributed by atoms with E-state index >= 15 is 0 Å². The van der Waals surface area contributed by atoms with Crippen LogP contribution in [0.1, 0.15) is 31.0 Å². The molecule has 6 rings (SSSR count). The molecule has 9 heteroatoms. The highest BCUT2D eigenvalue weighted by atomic mass is 32.1. The Morgan fingerprint density at radius 2 is 1.98 bits per heavy atom. The van der Waals surface area contributed by atoms with Crippen LogP contribution in [0.4, 0.5) is 11.5 Å². The summed E-state index contributed by atoms with van der Waals surface area (Å²) in [5.41, 5.74) is 3.14. The summed E-state index contributed by atoms with van der Waals surface area (Å²) >= 11 is 4.87. The van der Waals surface area contributed by atoms with Crippen LogP contribution in [0.25, 0.3) is 10.8 Å². The molecule has 0 aliphatic carbocycles. The maximum Gasteiger partial charge on any atom is 0.323 e. The highest BCUT2D eigenvalue weighted by molar-refractivity contribution is 7.80. The molecule has 1 aromatic heterocycles. The van der Waals surface area contributed by atoms with Crippen LogP contribution in [0, 0.1) is 0 Å². The van der Waals surface area contributed by atoms with Gasteiger partial charge in [0.25, 0.3) is 0 Å². The standard InChI is InChI=1S/C32H40N6O2S/c1-5-29(39)37-18-19-38(4,22(2)20-37)30-25-15-17-36(27-13-8-11-23-10-6-7-12-24(23)27)21-26(25)33-32(34-30)40-31(41)28-14-9-16-35(28)3/h5-8,10-13,22,28,31H,1,9,14-21H2,2-4H3/p+1/t22-,28+,31?,38?/m1/s1. The van der Waals surface area contributed by atoms with E-state index < -0.39 is 0 Å². The highest BCUT2D eigenvalue weighted by Crippen LogP contribution is 2.38. The van der Waals surface area contributed by atoms with Gasteiger partial charge in [-0.2, -0.15) is 4.98 Å². The van der Waals surface area contributed by atoms with Crippen LogP contribution in [0.2, 0.25) is 0 Å². The lowest BCUT2D eigenvalue weighted by atomic mass is 10.00. The maximum absolute atomic E-state index is 12.4. The number of aromatic nitrogens is 2. The second-order valence-electron chi connectivity index (χ2n) is 12.0. The number of carbonyl (C=O) groups excluding carboxylic acids is 1. The lowest BCUT2D eigenvalue weighted by Crippen LogP contribution is -2.65. The molecule has 0 radical (unpaired) electrons. The zero-order valence-electron chi connectivity index (χ0n) is 24.4. The number of piperazine rings is 1. The average Bonchev–Trinajstić information content (AvgIpc) is 3.43. The molecular weight excluding hydrogens is 532 g/mol. The van der Waals surface area contributed by atoms with Crippen LogP contribution >= 0.6 is 12.6 Å². The number of rotatable bonds is 6. The highest BCUT2D eigenvalue weighted by Gasteiger charge is 2.43. The van der Waals surface area contributed by atoms with Crippen LogP contribution in [0.3, 0.4) is 0 Å². The number of hydrogen-bond acceptors (Lipinski definition) is 7. The first-order valence-corrected chi connectivity index (χ1v) is 15.2. The molecule has 3 aliphatic rings. The normalized spacial score (nSPS) is 25.7. The zero-order chi connectivity index (χ0) is 28.7. The Balaban J connectivity index is 1.37. The van der Waals surface area contributed by atoms with E-state index in [1.807, 2.05) is 4.90 Å². The molecular formula is C32H41N6O2S+. The number of amides is 1. The van der Waals surface area contributed by atoms with Crippen LogP contribution in [-0.4, -0.2) is 90.0 Å². The molecule has 2 fully saturated rings. The summed E-state index contributed by atoms with van der Waals surface area (Å²) in [6.45, 7) is 10.6. The van der Waals surface area contributed by atoms with Crippen LogP contribution in [0.5, 0.6) is 6.01 Å². The Morgan fingerprint density at radius 3 is 2.73 bits per heavy atom. The van der Waals surface area contributed by atoms with Gasteiger partial charge < -0.3 is 14.5 Å². The first kappa shape index (κ1) is 28.0. The van der Waals surface area contributed by atoms with E-state index in [4.69, 9.17) is 27.3 Å². The van der Waals surface area contributed by atoms with Crippen molar-refractivity contribution in [2.45, 2.75) is 50.3 Å². The number of ether oxygens (including phenoxy) is 1. The van der Waals surface area contributed by atoms with Gasteiger partial charge in [-0.3, -0.25) is 14.2 Å². The molecule has 0 saturated carbocycles. The number of likely N-dealkylation sites (N-methyl/N-ethyl adjacent to an activating group) is 2. The molecule has 3 aliphatic heterocycles.